The molecule has 8 heteroatoms. The molecule has 1 fully saturated rings. The van der Waals surface area contributed by atoms with Gasteiger partial charge in [-0.05, 0) is 29.8 Å². The lowest BCUT2D eigenvalue weighted by Crippen LogP contribution is -2.17. The molecule has 0 atom stereocenters. The molecular formula is C22H19N3O3S2. The van der Waals surface area contributed by atoms with E-state index in [-0.39, 0.29) is 5.91 Å². The number of thiocarbonyl (C=S) groups is 1. The zero-order valence-electron chi connectivity index (χ0n) is 16.4. The van der Waals surface area contributed by atoms with E-state index in [0.29, 0.717) is 27.3 Å². The predicted octanol–water partition coefficient (Wildman–Crippen LogP) is 4.10. The Morgan fingerprint density at radius 2 is 1.90 bits per heavy atom. The van der Waals surface area contributed by atoms with Crippen molar-refractivity contribution in [2.75, 3.05) is 14.2 Å². The van der Waals surface area contributed by atoms with Crippen molar-refractivity contribution < 1.29 is 14.3 Å². The summed E-state index contributed by atoms with van der Waals surface area (Å²) in [7, 11) is 3.19. The van der Waals surface area contributed by atoms with E-state index < -0.39 is 0 Å². The van der Waals surface area contributed by atoms with Gasteiger partial charge in [0.1, 0.15) is 4.32 Å². The van der Waals surface area contributed by atoms with Crippen LogP contribution in [-0.2, 0) is 11.3 Å². The van der Waals surface area contributed by atoms with Gasteiger partial charge in [0.25, 0.3) is 5.91 Å². The quantitative estimate of drug-likeness (QED) is 0.463. The van der Waals surface area contributed by atoms with Crippen molar-refractivity contribution in [3.63, 3.8) is 0 Å². The Bertz CT molecular complexity index is 1140. The van der Waals surface area contributed by atoms with Gasteiger partial charge in [0.2, 0.25) is 0 Å². The number of rotatable bonds is 6. The number of carbonyl (C=O) groups is 1. The van der Waals surface area contributed by atoms with Crippen LogP contribution in [0.3, 0.4) is 0 Å². The standard InChI is InChI=1S/C22H19N3O3S2/c1-27-17-9-8-15(10-18(17)28-2)20-16(11-19-21(26)23-22(29)30-19)13-25(24-20)12-14-6-4-3-5-7-14/h3-11,13H,12H2,1-2H3,(H,23,26,29). The van der Waals surface area contributed by atoms with Crippen molar-refractivity contribution in [2.45, 2.75) is 6.54 Å². The number of thioether (sulfide) groups is 1. The highest BCUT2D eigenvalue weighted by Gasteiger charge is 2.23. The molecule has 3 aromatic rings. The minimum atomic E-state index is -0.195. The smallest absolute Gasteiger partial charge is 0.263 e. The van der Waals surface area contributed by atoms with Crippen LogP contribution >= 0.6 is 24.0 Å². The van der Waals surface area contributed by atoms with Crippen LogP contribution in [0, 0.1) is 0 Å². The summed E-state index contributed by atoms with van der Waals surface area (Å²) in [6.45, 7) is 0.613. The fourth-order valence-electron chi connectivity index (χ4n) is 3.16. The highest BCUT2D eigenvalue weighted by Crippen LogP contribution is 2.35. The van der Waals surface area contributed by atoms with Gasteiger partial charge in [0.15, 0.2) is 11.5 Å². The SMILES string of the molecule is COc1ccc(-c2nn(Cc3ccccc3)cc2C=C2SC(=S)NC2=O)cc1OC. The Kier molecular flexibility index (Phi) is 5.87. The molecule has 1 aromatic heterocycles. The van der Waals surface area contributed by atoms with Crippen LogP contribution in [0.15, 0.2) is 59.6 Å². The van der Waals surface area contributed by atoms with Crippen LogP contribution in [0.2, 0.25) is 0 Å². The van der Waals surface area contributed by atoms with Gasteiger partial charge in [0.05, 0.1) is 31.4 Å². The van der Waals surface area contributed by atoms with Gasteiger partial charge in [0, 0.05) is 17.3 Å². The molecular weight excluding hydrogens is 418 g/mol. The fourth-order valence-corrected chi connectivity index (χ4v) is 4.20. The molecule has 4 rings (SSSR count). The van der Waals surface area contributed by atoms with Crippen LogP contribution in [-0.4, -0.2) is 34.2 Å². The maximum absolute atomic E-state index is 12.2. The second-order valence-electron chi connectivity index (χ2n) is 6.54. The molecule has 0 unspecified atom stereocenters. The Morgan fingerprint density at radius 3 is 2.57 bits per heavy atom. The summed E-state index contributed by atoms with van der Waals surface area (Å²) in [5.74, 6) is 1.06. The zero-order valence-corrected chi connectivity index (χ0v) is 18.0. The number of nitrogens with one attached hydrogen (secondary N) is 1. The maximum Gasteiger partial charge on any atom is 0.263 e. The van der Waals surface area contributed by atoms with Gasteiger partial charge < -0.3 is 14.8 Å². The van der Waals surface area contributed by atoms with Gasteiger partial charge in [-0.3, -0.25) is 9.48 Å². The van der Waals surface area contributed by atoms with Crippen LogP contribution in [0.25, 0.3) is 17.3 Å². The molecule has 30 heavy (non-hydrogen) atoms. The van der Waals surface area contributed by atoms with Gasteiger partial charge in [-0.1, -0.05) is 54.3 Å². The Balaban J connectivity index is 1.78. The minimum absolute atomic E-state index is 0.195. The average molecular weight is 438 g/mol. The van der Waals surface area contributed by atoms with E-state index in [0.717, 1.165) is 22.4 Å². The molecule has 6 nitrogen and oxygen atoms in total. The molecule has 1 saturated heterocycles. The van der Waals surface area contributed by atoms with Crippen molar-refractivity contribution in [1.82, 2.24) is 15.1 Å². The number of aromatic nitrogens is 2. The molecule has 2 heterocycles. The first kappa shape index (κ1) is 20.2. The largest absolute Gasteiger partial charge is 0.493 e. The number of methoxy groups -OCH3 is 2. The monoisotopic (exact) mass is 437 g/mol. The summed E-state index contributed by atoms with van der Waals surface area (Å²) in [6.07, 6.45) is 3.75. The van der Waals surface area contributed by atoms with Crippen LogP contribution in [0.5, 0.6) is 11.5 Å². The molecule has 1 N–H and O–H groups in total. The Labute approximate surface area is 183 Å². The molecule has 0 spiro atoms. The first-order valence-electron chi connectivity index (χ1n) is 9.16. The number of hydrogen-bond donors (Lipinski definition) is 1. The van der Waals surface area contributed by atoms with E-state index >= 15 is 0 Å². The van der Waals surface area contributed by atoms with Gasteiger partial charge >= 0.3 is 0 Å². The summed E-state index contributed by atoms with van der Waals surface area (Å²) < 4.78 is 13.1. The lowest BCUT2D eigenvalue weighted by molar-refractivity contribution is -0.115. The molecule has 0 radical (unpaired) electrons. The van der Waals surface area contributed by atoms with Crippen LogP contribution in [0.4, 0.5) is 0 Å². The zero-order chi connectivity index (χ0) is 21.1. The van der Waals surface area contributed by atoms with E-state index in [4.69, 9.17) is 26.8 Å². The maximum atomic E-state index is 12.2. The molecule has 0 saturated carbocycles. The molecule has 0 bridgehead atoms. The second-order valence-corrected chi connectivity index (χ2v) is 8.26. The molecule has 152 valence electrons. The summed E-state index contributed by atoms with van der Waals surface area (Å²) in [5, 5.41) is 7.44. The van der Waals surface area contributed by atoms with Crippen LogP contribution in [0.1, 0.15) is 11.1 Å². The number of amides is 1. The van der Waals surface area contributed by atoms with E-state index in [1.54, 1.807) is 14.2 Å². The van der Waals surface area contributed by atoms with Crippen molar-refractivity contribution in [1.29, 1.82) is 0 Å². The third-order valence-electron chi connectivity index (χ3n) is 4.56. The van der Waals surface area contributed by atoms with E-state index in [1.165, 1.54) is 11.8 Å². The summed E-state index contributed by atoms with van der Waals surface area (Å²) in [6, 6.07) is 15.7. The van der Waals surface area contributed by atoms with Gasteiger partial charge in [-0.15, -0.1) is 0 Å². The van der Waals surface area contributed by atoms with Gasteiger partial charge in [-0.2, -0.15) is 5.10 Å². The van der Waals surface area contributed by atoms with E-state index in [9.17, 15) is 4.79 Å². The Morgan fingerprint density at radius 1 is 1.13 bits per heavy atom. The van der Waals surface area contributed by atoms with Crippen molar-refractivity contribution in [3.05, 3.63) is 70.8 Å². The van der Waals surface area contributed by atoms with Gasteiger partial charge in [-0.25, -0.2) is 0 Å². The molecule has 0 aliphatic carbocycles. The number of carbonyl (C=O) groups excluding carboxylic acids is 1. The molecule has 1 aliphatic heterocycles. The van der Waals surface area contributed by atoms with Crippen molar-refractivity contribution in [3.8, 4) is 22.8 Å². The highest BCUT2D eigenvalue weighted by molar-refractivity contribution is 8.26. The summed E-state index contributed by atoms with van der Waals surface area (Å²) in [5.41, 5.74) is 3.55. The number of ether oxygens (including phenoxy) is 2. The molecule has 1 aliphatic rings. The average Bonchev–Trinajstić information content (AvgIpc) is 3.30. The molecule has 1 amide bonds. The van der Waals surface area contributed by atoms with Crippen molar-refractivity contribution in [2.24, 2.45) is 0 Å². The number of nitrogens with zero attached hydrogens (tertiary/aromatic N) is 2. The lowest BCUT2D eigenvalue weighted by Gasteiger charge is -2.09. The lowest BCUT2D eigenvalue weighted by atomic mass is 10.1. The van der Waals surface area contributed by atoms with Crippen LogP contribution < -0.4 is 14.8 Å². The highest BCUT2D eigenvalue weighted by atomic mass is 32.2. The summed E-state index contributed by atoms with van der Waals surface area (Å²) >= 11 is 6.36. The minimum Gasteiger partial charge on any atom is -0.493 e. The normalized spacial score (nSPS) is 14.8. The summed E-state index contributed by atoms with van der Waals surface area (Å²) in [4.78, 5) is 12.7. The second kappa shape index (κ2) is 8.73. The molecule has 2 aromatic carbocycles. The van der Waals surface area contributed by atoms with E-state index in [1.807, 2.05) is 53.4 Å². The topological polar surface area (TPSA) is 65.4 Å². The Hall–Kier alpha value is -3.10. The fraction of sp³-hybridized carbons (Fsp3) is 0.136. The predicted molar refractivity (Wildman–Crippen MR) is 123 cm³/mol. The number of hydrogen-bond acceptors (Lipinski definition) is 6. The van der Waals surface area contributed by atoms with Crippen molar-refractivity contribution >= 4 is 40.3 Å². The first-order chi connectivity index (χ1) is 14.6. The number of benzene rings is 2. The third-order valence-corrected chi connectivity index (χ3v) is 5.73. The van der Waals surface area contributed by atoms with E-state index in [2.05, 4.69) is 17.4 Å². The third kappa shape index (κ3) is 4.24. The first-order valence-corrected chi connectivity index (χ1v) is 10.4.